The van der Waals surface area contributed by atoms with Gasteiger partial charge in [-0.2, -0.15) is 0 Å². The number of anilines is 1. The lowest BCUT2D eigenvalue weighted by molar-refractivity contribution is 0.102. The molecule has 0 unspecified atom stereocenters. The average Bonchev–Trinajstić information content (AvgIpc) is 2.74. The Hall–Kier alpha value is -2.10. The predicted octanol–water partition coefficient (Wildman–Crippen LogP) is 2.67. The van der Waals surface area contributed by atoms with Crippen molar-refractivity contribution in [2.75, 3.05) is 5.32 Å². The maximum absolute atomic E-state index is 13.2. The van der Waals surface area contributed by atoms with Crippen LogP contribution in [0.2, 0.25) is 0 Å². The first-order valence-corrected chi connectivity index (χ1v) is 4.35. The highest BCUT2D eigenvalue weighted by Gasteiger charge is 2.09. The molecule has 3 nitrogen and oxygen atoms in total. The molecule has 0 aliphatic heterocycles. The van der Waals surface area contributed by atoms with Crippen LogP contribution in [0.15, 0.2) is 47.3 Å². The summed E-state index contributed by atoms with van der Waals surface area (Å²) in [6.07, 6.45) is 2.69. The zero-order chi connectivity index (χ0) is 10.7. The van der Waals surface area contributed by atoms with E-state index in [1.807, 2.05) is 0 Å². The van der Waals surface area contributed by atoms with Crippen LogP contribution in [0.1, 0.15) is 10.4 Å². The van der Waals surface area contributed by atoms with Crippen LogP contribution in [0.4, 0.5) is 10.1 Å². The molecule has 0 saturated carbocycles. The van der Waals surface area contributed by atoms with Gasteiger partial charge in [0, 0.05) is 0 Å². The van der Waals surface area contributed by atoms with Gasteiger partial charge >= 0.3 is 0 Å². The van der Waals surface area contributed by atoms with E-state index in [0.29, 0.717) is 5.56 Å². The fourth-order valence-corrected chi connectivity index (χ4v) is 1.15. The van der Waals surface area contributed by atoms with Crippen LogP contribution in [-0.2, 0) is 0 Å². The van der Waals surface area contributed by atoms with Crippen LogP contribution in [0.25, 0.3) is 0 Å². The van der Waals surface area contributed by atoms with E-state index in [-0.39, 0.29) is 5.69 Å². The van der Waals surface area contributed by atoms with E-state index < -0.39 is 11.7 Å². The lowest BCUT2D eigenvalue weighted by Crippen LogP contribution is -2.11. The Kier molecular flexibility index (Phi) is 2.49. The monoisotopic (exact) mass is 205 g/mol. The van der Waals surface area contributed by atoms with E-state index in [1.54, 1.807) is 12.1 Å². The minimum absolute atomic E-state index is 0.156. The Morgan fingerprint density at radius 3 is 2.73 bits per heavy atom. The summed E-state index contributed by atoms with van der Waals surface area (Å²) < 4.78 is 17.9. The number of nitrogens with one attached hydrogen (secondary N) is 1. The molecular weight excluding hydrogens is 197 g/mol. The molecule has 4 heteroatoms. The van der Waals surface area contributed by atoms with Crippen molar-refractivity contribution in [3.05, 3.63) is 54.2 Å². The maximum Gasteiger partial charge on any atom is 0.258 e. The topological polar surface area (TPSA) is 42.2 Å². The van der Waals surface area contributed by atoms with E-state index in [2.05, 4.69) is 5.32 Å². The number of rotatable bonds is 2. The summed E-state index contributed by atoms with van der Waals surface area (Å²) in [4.78, 5) is 11.5. The summed E-state index contributed by atoms with van der Waals surface area (Å²) in [6.45, 7) is 0. The number of carbonyl (C=O) groups is 1. The number of furan rings is 1. The molecule has 0 saturated heterocycles. The van der Waals surface area contributed by atoms with E-state index in [9.17, 15) is 9.18 Å². The van der Waals surface area contributed by atoms with Gasteiger partial charge in [0.15, 0.2) is 0 Å². The zero-order valence-electron chi connectivity index (χ0n) is 7.74. The number of para-hydroxylation sites is 1. The molecule has 2 aromatic rings. The molecule has 0 aliphatic rings. The van der Waals surface area contributed by atoms with Gasteiger partial charge in [0.05, 0.1) is 17.5 Å². The number of hydrogen-bond donors (Lipinski definition) is 1. The van der Waals surface area contributed by atoms with Gasteiger partial charge < -0.3 is 9.73 Å². The summed E-state index contributed by atoms with van der Waals surface area (Å²) in [5.41, 5.74) is 0.516. The minimum Gasteiger partial charge on any atom is -0.472 e. The highest BCUT2D eigenvalue weighted by Crippen LogP contribution is 2.13. The zero-order valence-corrected chi connectivity index (χ0v) is 7.74. The lowest BCUT2D eigenvalue weighted by atomic mass is 10.2. The van der Waals surface area contributed by atoms with Gasteiger partial charge in [-0.3, -0.25) is 4.79 Å². The van der Waals surface area contributed by atoms with Crippen molar-refractivity contribution in [2.45, 2.75) is 0 Å². The molecule has 0 bridgehead atoms. The van der Waals surface area contributed by atoms with Gasteiger partial charge in [0.1, 0.15) is 12.1 Å². The highest BCUT2D eigenvalue weighted by atomic mass is 19.1. The van der Waals surface area contributed by atoms with Gasteiger partial charge in [-0.1, -0.05) is 12.1 Å². The quantitative estimate of drug-likeness (QED) is 0.818. The third-order valence-electron chi connectivity index (χ3n) is 1.91. The van der Waals surface area contributed by atoms with Gasteiger partial charge in [0.2, 0.25) is 0 Å². The van der Waals surface area contributed by atoms with E-state index in [1.165, 1.54) is 30.7 Å². The lowest BCUT2D eigenvalue weighted by Gasteiger charge is -2.03. The van der Waals surface area contributed by atoms with Gasteiger partial charge in [-0.05, 0) is 18.2 Å². The number of amides is 1. The molecular formula is C11H8FNO2. The van der Waals surface area contributed by atoms with Crippen LogP contribution in [-0.4, -0.2) is 5.91 Å². The van der Waals surface area contributed by atoms with Crippen LogP contribution in [0.3, 0.4) is 0 Å². The first-order valence-electron chi connectivity index (χ1n) is 4.35. The molecule has 1 N–H and O–H groups in total. The second-order valence-electron chi connectivity index (χ2n) is 2.95. The Morgan fingerprint density at radius 2 is 2.07 bits per heavy atom. The second-order valence-corrected chi connectivity index (χ2v) is 2.95. The molecule has 0 atom stereocenters. The Morgan fingerprint density at radius 1 is 1.27 bits per heavy atom. The Balaban J connectivity index is 2.17. The fraction of sp³-hybridized carbons (Fsp3) is 0. The Labute approximate surface area is 85.5 Å². The Bertz CT molecular complexity index is 465. The molecule has 2 rings (SSSR count). The SMILES string of the molecule is O=C(Nc1ccccc1F)c1ccoc1. The summed E-state index contributed by atoms with van der Waals surface area (Å²) in [5.74, 6) is -0.858. The molecule has 1 aromatic heterocycles. The highest BCUT2D eigenvalue weighted by molar-refractivity contribution is 6.04. The molecule has 0 aliphatic carbocycles. The molecule has 1 amide bonds. The number of halogens is 1. The number of carbonyl (C=O) groups excluding carboxylic acids is 1. The molecule has 0 spiro atoms. The largest absolute Gasteiger partial charge is 0.472 e. The number of hydrogen-bond acceptors (Lipinski definition) is 2. The molecule has 1 heterocycles. The summed E-state index contributed by atoms with van der Waals surface area (Å²) in [5, 5.41) is 2.44. The van der Waals surface area contributed by atoms with E-state index >= 15 is 0 Å². The second kappa shape index (κ2) is 3.96. The average molecular weight is 205 g/mol. The van der Waals surface area contributed by atoms with Crippen LogP contribution >= 0.6 is 0 Å². The molecule has 15 heavy (non-hydrogen) atoms. The van der Waals surface area contributed by atoms with Crippen LogP contribution in [0.5, 0.6) is 0 Å². The van der Waals surface area contributed by atoms with Gasteiger partial charge in [-0.25, -0.2) is 4.39 Å². The van der Waals surface area contributed by atoms with E-state index in [4.69, 9.17) is 4.42 Å². The molecule has 0 fully saturated rings. The van der Waals surface area contributed by atoms with Crippen molar-refractivity contribution in [1.29, 1.82) is 0 Å². The van der Waals surface area contributed by atoms with E-state index in [0.717, 1.165) is 0 Å². The standard InChI is InChI=1S/C11H8FNO2/c12-9-3-1-2-4-10(9)13-11(14)8-5-6-15-7-8/h1-7H,(H,13,14). The minimum atomic E-state index is -0.464. The first kappa shape index (κ1) is 9.45. The summed E-state index contributed by atoms with van der Waals surface area (Å²) >= 11 is 0. The van der Waals surface area contributed by atoms with Crippen molar-refractivity contribution >= 4 is 11.6 Å². The molecule has 0 radical (unpaired) electrons. The molecule has 76 valence electrons. The summed E-state index contributed by atoms with van der Waals surface area (Å²) in [7, 11) is 0. The third kappa shape index (κ3) is 2.04. The van der Waals surface area contributed by atoms with Crippen LogP contribution in [0, 0.1) is 5.82 Å². The molecule has 1 aromatic carbocycles. The first-order chi connectivity index (χ1) is 7.27. The number of benzene rings is 1. The summed E-state index contributed by atoms with van der Waals surface area (Å²) in [6, 6.07) is 7.49. The van der Waals surface area contributed by atoms with Gasteiger partial charge in [-0.15, -0.1) is 0 Å². The van der Waals surface area contributed by atoms with Crippen molar-refractivity contribution < 1.29 is 13.6 Å². The smallest absolute Gasteiger partial charge is 0.258 e. The van der Waals surface area contributed by atoms with Crippen molar-refractivity contribution in [3.8, 4) is 0 Å². The fourth-order valence-electron chi connectivity index (χ4n) is 1.15. The predicted molar refractivity (Wildman–Crippen MR) is 53.1 cm³/mol. The van der Waals surface area contributed by atoms with Crippen molar-refractivity contribution in [3.63, 3.8) is 0 Å². The van der Waals surface area contributed by atoms with Crippen LogP contribution < -0.4 is 5.32 Å². The van der Waals surface area contributed by atoms with Crippen molar-refractivity contribution in [2.24, 2.45) is 0 Å². The van der Waals surface area contributed by atoms with Crippen molar-refractivity contribution in [1.82, 2.24) is 0 Å². The normalized spacial score (nSPS) is 9.93. The third-order valence-corrected chi connectivity index (χ3v) is 1.91. The maximum atomic E-state index is 13.2. The van der Waals surface area contributed by atoms with Gasteiger partial charge in [0.25, 0.3) is 5.91 Å².